The number of aryl methyl sites for hydroxylation is 2. The van der Waals surface area contributed by atoms with E-state index in [4.69, 9.17) is 18.8 Å². The maximum absolute atomic E-state index is 6.32. The van der Waals surface area contributed by atoms with Crippen LogP contribution in [0.5, 0.6) is 0 Å². The number of aromatic nitrogens is 2. The molecule has 0 spiro atoms. The number of unbranched alkanes of at least 4 members (excludes halogenated alkanes) is 2. The molecule has 0 amide bonds. The third-order valence-electron chi connectivity index (χ3n) is 7.54. The van der Waals surface area contributed by atoms with Gasteiger partial charge in [0.25, 0.3) is 0 Å². The number of rotatable bonds is 8. The first-order chi connectivity index (χ1) is 18.5. The van der Waals surface area contributed by atoms with Crippen molar-refractivity contribution in [1.29, 1.82) is 0 Å². The van der Waals surface area contributed by atoms with Crippen molar-refractivity contribution in [3.05, 3.63) is 58.7 Å². The maximum Gasteiger partial charge on any atom is 0.237 e. The van der Waals surface area contributed by atoms with Crippen molar-refractivity contribution in [1.82, 2.24) is 9.97 Å². The van der Waals surface area contributed by atoms with Gasteiger partial charge in [0.05, 0.1) is 9.75 Å². The molecular formula is C34H42N2O2S. The molecule has 0 atom stereocenters. The Morgan fingerprint density at radius 2 is 1.03 bits per heavy atom. The van der Waals surface area contributed by atoms with Crippen molar-refractivity contribution >= 4 is 33.5 Å². The van der Waals surface area contributed by atoms with Crippen LogP contribution < -0.4 is 0 Å². The summed E-state index contributed by atoms with van der Waals surface area (Å²) in [6, 6.07) is 12.8. The van der Waals surface area contributed by atoms with Crippen LogP contribution in [-0.2, 0) is 23.7 Å². The molecule has 0 bridgehead atoms. The number of hydrogen-bond acceptors (Lipinski definition) is 5. The number of thiophene rings is 1. The lowest BCUT2D eigenvalue weighted by Gasteiger charge is -2.23. The fourth-order valence-electron chi connectivity index (χ4n) is 5.49. The quantitative estimate of drug-likeness (QED) is 0.196. The first-order valence-corrected chi connectivity index (χ1v) is 15.3. The van der Waals surface area contributed by atoms with Gasteiger partial charge in [-0.05, 0) is 83.0 Å². The highest BCUT2D eigenvalue weighted by Crippen LogP contribution is 2.40. The third-order valence-corrected chi connectivity index (χ3v) is 8.60. The van der Waals surface area contributed by atoms with Crippen LogP contribution in [0.4, 0.5) is 0 Å². The Hall–Kier alpha value is -2.92. The number of nitrogens with zero attached hydrogens (tertiary/aromatic N) is 2. The summed E-state index contributed by atoms with van der Waals surface area (Å²) in [6.07, 6.45) is 6.62. The Morgan fingerprint density at radius 3 is 1.38 bits per heavy atom. The van der Waals surface area contributed by atoms with Crippen LogP contribution in [0.2, 0.25) is 0 Å². The van der Waals surface area contributed by atoms with Gasteiger partial charge in [0, 0.05) is 0 Å². The van der Waals surface area contributed by atoms with Crippen LogP contribution in [0, 0.1) is 0 Å². The number of hydrogen-bond donors (Lipinski definition) is 0. The molecule has 3 heterocycles. The van der Waals surface area contributed by atoms with E-state index in [1.807, 2.05) is 0 Å². The van der Waals surface area contributed by atoms with Gasteiger partial charge < -0.3 is 8.83 Å². The molecule has 2 aromatic carbocycles. The highest BCUT2D eigenvalue weighted by atomic mass is 32.1. The van der Waals surface area contributed by atoms with Crippen molar-refractivity contribution in [2.24, 2.45) is 0 Å². The molecule has 5 aromatic rings. The molecule has 39 heavy (non-hydrogen) atoms. The van der Waals surface area contributed by atoms with E-state index in [0.29, 0.717) is 11.8 Å². The molecule has 5 heteroatoms. The molecule has 0 saturated carbocycles. The van der Waals surface area contributed by atoms with Gasteiger partial charge in [-0.25, -0.2) is 9.97 Å². The van der Waals surface area contributed by atoms with Crippen LogP contribution in [0.3, 0.4) is 0 Å². The van der Waals surface area contributed by atoms with Crippen LogP contribution in [0.25, 0.3) is 43.7 Å². The second-order valence-electron chi connectivity index (χ2n) is 12.8. The summed E-state index contributed by atoms with van der Waals surface area (Å²) in [4.78, 5) is 12.1. The van der Waals surface area contributed by atoms with E-state index in [-0.39, 0.29) is 10.8 Å². The van der Waals surface area contributed by atoms with Crippen LogP contribution in [0.15, 0.2) is 45.2 Å². The molecule has 5 rings (SSSR count). The van der Waals surface area contributed by atoms with E-state index in [1.165, 1.54) is 22.3 Å². The Morgan fingerprint density at radius 1 is 0.615 bits per heavy atom. The average molecular weight is 543 g/mol. The molecule has 0 unspecified atom stereocenters. The predicted molar refractivity (Wildman–Crippen MR) is 165 cm³/mol. The number of benzene rings is 2. The van der Waals surface area contributed by atoms with Crippen molar-refractivity contribution in [3.8, 4) is 21.5 Å². The van der Waals surface area contributed by atoms with E-state index in [1.54, 1.807) is 11.3 Å². The lowest BCUT2D eigenvalue weighted by molar-refractivity contribution is 0.579. The fraction of sp³-hybridized carbons (Fsp3) is 0.471. The Balaban J connectivity index is 1.55. The second kappa shape index (κ2) is 10.6. The average Bonchev–Trinajstić information content (AvgIpc) is 3.61. The molecule has 0 N–H and O–H groups in total. The molecule has 0 radical (unpaired) electrons. The molecular weight excluding hydrogens is 500 g/mol. The van der Waals surface area contributed by atoms with E-state index in [0.717, 1.165) is 70.5 Å². The monoisotopic (exact) mass is 542 g/mol. The molecule has 0 saturated heterocycles. The second-order valence-corrected chi connectivity index (χ2v) is 13.9. The van der Waals surface area contributed by atoms with Gasteiger partial charge in [0.2, 0.25) is 11.8 Å². The minimum atomic E-state index is 0.0578. The normalized spacial score (nSPS) is 12.7. The largest absolute Gasteiger partial charge is 0.435 e. The molecule has 0 fully saturated rings. The molecule has 206 valence electrons. The van der Waals surface area contributed by atoms with Gasteiger partial charge in [-0.15, -0.1) is 11.3 Å². The summed E-state index contributed by atoms with van der Waals surface area (Å²) < 4.78 is 12.6. The molecule has 4 nitrogen and oxygen atoms in total. The van der Waals surface area contributed by atoms with E-state index >= 15 is 0 Å². The third kappa shape index (κ3) is 5.43. The molecule has 3 aromatic heterocycles. The molecule has 0 aliphatic heterocycles. The summed E-state index contributed by atoms with van der Waals surface area (Å²) in [5.41, 5.74) is 9.18. The highest BCUT2D eigenvalue weighted by Gasteiger charge is 2.25. The number of fused-ring (bicyclic) bond motifs is 2. The van der Waals surface area contributed by atoms with Crippen molar-refractivity contribution in [2.75, 3.05) is 0 Å². The first-order valence-electron chi connectivity index (χ1n) is 14.5. The zero-order valence-electron chi connectivity index (χ0n) is 24.8. The standard InChI is InChI=1S/C34H42N2O2S/c1-9-11-13-21-23(33(3,4)5)15-17-25-29(21)35-31(37-25)27-19-20-28(39-27)32-36-30-22(14-12-10-2)24(34(6,7)8)16-18-26(30)38-32/h15-20H,9-14H2,1-8H3. The Kier molecular flexibility index (Phi) is 7.49. The first kappa shape index (κ1) is 27.6. The summed E-state index contributed by atoms with van der Waals surface area (Å²) in [5, 5.41) is 0. The van der Waals surface area contributed by atoms with Gasteiger partial charge in [0.1, 0.15) is 11.0 Å². The minimum Gasteiger partial charge on any atom is -0.435 e. The smallest absolute Gasteiger partial charge is 0.237 e. The van der Waals surface area contributed by atoms with E-state index in [2.05, 4.69) is 91.8 Å². The zero-order chi connectivity index (χ0) is 27.9. The number of oxazole rings is 2. The van der Waals surface area contributed by atoms with Gasteiger partial charge >= 0.3 is 0 Å². The fourth-order valence-corrected chi connectivity index (χ4v) is 6.35. The Labute approximate surface area is 236 Å². The van der Waals surface area contributed by atoms with Crippen molar-refractivity contribution in [3.63, 3.8) is 0 Å². The molecule has 0 aliphatic rings. The summed E-state index contributed by atoms with van der Waals surface area (Å²) >= 11 is 1.62. The summed E-state index contributed by atoms with van der Waals surface area (Å²) in [5.74, 6) is 1.33. The maximum atomic E-state index is 6.32. The van der Waals surface area contributed by atoms with Crippen LogP contribution in [-0.4, -0.2) is 9.97 Å². The minimum absolute atomic E-state index is 0.0578. The SMILES string of the molecule is CCCCc1c(C(C)(C)C)ccc2oc(-c3ccc(-c4nc5c(CCCC)c(C(C)(C)C)ccc5o4)s3)nc12. The lowest BCUT2D eigenvalue weighted by atomic mass is 9.82. The predicted octanol–water partition coefficient (Wildman–Crippen LogP) is 10.6. The lowest BCUT2D eigenvalue weighted by Crippen LogP contribution is -2.14. The topological polar surface area (TPSA) is 52.1 Å². The Bertz CT molecular complexity index is 1490. The van der Waals surface area contributed by atoms with Crippen molar-refractivity contribution in [2.45, 2.75) is 105 Å². The summed E-state index contributed by atoms with van der Waals surface area (Å²) in [6.45, 7) is 18.1. The van der Waals surface area contributed by atoms with E-state index < -0.39 is 0 Å². The highest BCUT2D eigenvalue weighted by molar-refractivity contribution is 7.18. The van der Waals surface area contributed by atoms with E-state index in [9.17, 15) is 0 Å². The zero-order valence-corrected chi connectivity index (χ0v) is 25.6. The molecule has 0 aliphatic carbocycles. The van der Waals surface area contributed by atoms with Gasteiger partial charge in [-0.3, -0.25) is 0 Å². The van der Waals surface area contributed by atoms with Crippen LogP contribution in [0.1, 0.15) is 103 Å². The van der Waals surface area contributed by atoms with Gasteiger partial charge in [-0.1, -0.05) is 80.4 Å². The van der Waals surface area contributed by atoms with Crippen LogP contribution >= 0.6 is 11.3 Å². The van der Waals surface area contributed by atoms with Gasteiger partial charge in [0.15, 0.2) is 11.2 Å². The van der Waals surface area contributed by atoms with Gasteiger partial charge in [-0.2, -0.15) is 0 Å². The summed E-state index contributed by atoms with van der Waals surface area (Å²) in [7, 11) is 0. The van der Waals surface area contributed by atoms with Crippen molar-refractivity contribution < 1.29 is 8.83 Å².